The van der Waals surface area contributed by atoms with Gasteiger partial charge in [0.05, 0.1) is 12.6 Å². The second-order valence-electron chi connectivity index (χ2n) is 5.46. The van der Waals surface area contributed by atoms with Crippen LogP contribution < -0.4 is 10.2 Å². The molecule has 1 N–H and O–H groups in total. The molecule has 1 aliphatic rings. The minimum atomic E-state index is -0.0956. The first-order valence-corrected chi connectivity index (χ1v) is 7.10. The van der Waals surface area contributed by atoms with Crippen molar-refractivity contribution in [3.8, 4) is 0 Å². The van der Waals surface area contributed by atoms with Crippen LogP contribution in [0.15, 0.2) is 22.6 Å². The Labute approximate surface area is 123 Å². The molecular formula is C15H19N3O3. The molecule has 1 aromatic carbocycles. The van der Waals surface area contributed by atoms with Crippen LogP contribution in [0.2, 0.25) is 0 Å². The number of benzene rings is 1. The molecule has 0 spiro atoms. The molecule has 0 saturated carbocycles. The predicted octanol–water partition coefficient (Wildman–Crippen LogP) is 1.80. The van der Waals surface area contributed by atoms with Gasteiger partial charge in [-0.15, -0.1) is 0 Å². The molecule has 3 rings (SSSR count). The molecule has 2 heterocycles. The van der Waals surface area contributed by atoms with Crippen molar-refractivity contribution in [1.82, 2.24) is 10.3 Å². The molecule has 1 aliphatic heterocycles. The zero-order valence-corrected chi connectivity index (χ0v) is 12.3. The molecule has 6 nitrogen and oxygen atoms in total. The van der Waals surface area contributed by atoms with E-state index in [9.17, 15) is 4.79 Å². The van der Waals surface area contributed by atoms with Gasteiger partial charge < -0.3 is 19.4 Å². The third-order valence-electron chi connectivity index (χ3n) is 3.52. The fourth-order valence-electron chi connectivity index (χ4n) is 2.37. The number of carbonyl (C=O) groups is 1. The molecule has 1 fully saturated rings. The summed E-state index contributed by atoms with van der Waals surface area (Å²) < 4.78 is 10.9. The number of aromatic nitrogens is 1. The molecule has 1 saturated heterocycles. The van der Waals surface area contributed by atoms with Gasteiger partial charge in [-0.05, 0) is 31.0 Å². The standard InChI is InChI=1S/C15H19N3O3/c1-18(2)15-17-12-8-10(5-6-13(12)21-15)14(19)16-11-4-3-7-20-9-11/h5-6,8,11H,3-4,7,9H2,1-2H3,(H,16,19)/t11-/m1/s1. The highest BCUT2D eigenvalue weighted by Gasteiger charge is 2.18. The van der Waals surface area contributed by atoms with Gasteiger partial charge in [-0.3, -0.25) is 4.79 Å². The van der Waals surface area contributed by atoms with Gasteiger partial charge in [0.1, 0.15) is 5.52 Å². The number of ether oxygens (including phenoxy) is 1. The first kappa shape index (κ1) is 13.9. The topological polar surface area (TPSA) is 67.6 Å². The Kier molecular flexibility index (Phi) is 3.79. The molecule has 112 valence electrons. The van der Waals surface area contributed by atoms with Crippen molar-refractivity contribution in [3.63, 3.8) is 0 Å². The monoisotopic (exact) mass is 289 g/mol. The number of hydrogen-bond donors (Lipinski definition) is 1. The summed E-state index contributed by atoms with van der Waals surface area (Å²) in [5.41, 5.74) is 1.95. The number of nitrogens with one attached hydrogen (secondary N) is 1. The number of nitrogens with zero attached hydrogens (tertiary/aromatic N) is 2. The van der Waals surface area contributed by atoms with Crippen LogP contribution in [0.4, 0.5) is 6.01 Å². The Hall–Kier alpha value is -2.08. The van der Waals surface area contributed by atoms with Crippen LogP contribution in [-0.4, -0.2) is 44.2 Å². The summed E-state index contributed by atoms with van der Waals surface area (Å²) in [5.74, 6) is -0.0956. The maximum absolute atomic E-state index is 12.3. The number of fused-ring (bicyclic) bond motifs is 1. The lowest BCUT2D eigenvalue weighted by Gasteiger charge is -2.23. The molecule has 1 amide bonds. The molecule has 0 bridgehead atoms. The van der Waals surface area contributed by atoms with Gasteiger partial charge >= 0.3 is 0 Å². The van der Waals surface area contributed by atoms with Crippen LogP contribution in [0.25, 0.3) is 11.1 Å². The Morgan fingerprint density at radius 3 is 3.00 bits per heavy atom. The van der Waals surface area contributed by atoms with Crippen LogP contribution in [0.1, 0.15) is 23.2 Å². The normalized spacial score (nSPS) is 18.7. The van der Waals surface area contributed by atoms with Crippen molar-refractivity contribution < 1.29 is 13.9 Å². The second-order valence-corrected chi connectivity index (χ2v) is 5.46. The maximum Gasteiger partial charge on any atom is 0.297 e. The lowest BCUT2D eigenvalue weighted by Crippen LogP contribution is -2.40. The number of rotatable bonds is 3. The van der Waals surface area contributed by atoms with Crippen LogP contribution in [0, 0.1) is 0 Å². The summed E-state index contributed by atoms with van der Waals surface area (Å²) >= 11 is 0. The van der Waals surface area contributed by atoms with Gasteiger partial charge in [-0.2, -0.15) is 4.98 Å². The van der Waals surface area contributed by atoms with E-state index >= 15 is 0 Å². The third kappa shape index (κ3) is 3.00. The zero-order chi connectivity index (χ0) is 14.8. The van der Waals surface area contributed by atoms with Crippen molar-refractivity contribution >= 4 is 23.0 Å². The Morgan fingerprint density at radius 1 is 1.43 bits per heavy atom. The Bertz CT molecular complexity index is 645. The molecule has 1 atom stereocenters. The first-order valence-electron chi connectivity index (χ1n) is 7.10. The quantitative estimate of drug-likeness (QED) is 0.933. The summed E-state index contributed by atoms with van der Waals surface area (Å²) in [6.07, 6.45) is 1.95. The molecule has 6 heteroatoms. The largest absolute Gasteiger partial charge is 0.423 e. The number of anilines is 1. The van der Waals surface area contributed by atoms with Gasteiger partial charge in [0.25, 0.3) is 11.9 Å². The molecule has 0 unspecified atom stereocenters. The number of amides is 1. The van der Waals surface area contributed by atoms with Crippen molar-refractivity contribution in [2.75, 3.05) is 32.2 Å². The van der Waals surface area contributed by atoms with E-state index in [1.807, 2.05) is 14.1 Å². The fourth-order valence-corrected chi connectivity index (χ4v) is 2.37. The van der Waals surface area contributed by atoms with Crippen LogP contribution in [-0.2, 0) is 4.74 Å². The second kappa shape index (κ2) is 5.73. The van der Waals surface area contributed by atoms with E-state index in [1.165, 1.54) is 0 Å². The predicted molar refractivity (Wildman–Crippen MR) is 79.6 cm³/mol. The Balaban J connectivity index is 1.77. The van der Waals surface area contributed by atoms with Gasteiger partial charge in [-0.25, -0.2) is 0 Å². The number of hydrogen-bond acceptors (Lipinski definition) is 5. The highest BCUT2D eigenvalue weighted by Crippen LogP contribution is 2.21. The average molecular weight is 289 g/mol. The number of carbonyl (C=O) groups excluding carboxylic acids is 1. The van der Waals surface area contributed by atoms with Crippen molar-refractivity contribution in [1.29, 1.82) is 0 Å². The van der Waals surface area contributed by atoms with E-state index < -0.39 is 0 Å². The van der Waals surface area contributed by atoms with E-state index in [-0.39, 0.29) is 11.9 Å². The smallest absolute Gasteiger partial charge is 0.297 e. The van der Waals surface area contributed by atoms with E-state index in [0.717, 1.165) is 19.4 Å². The van der Waals surface area contributed by atoms with E-state index in [2.05, 4.69) is 10.3 Å². The van der Waals surface area contributed by atoms with Crippen molar-refractivity contribution in [2.24, 2.45) is 0 Å². The highest BCUT2D eigenvalue weighted by molar-refractivity contribution is 5.97. The lowest BCUT2D eigenvalue weighted by atomic mass is 10.1. The summed E-state index contributed by atoms with van der Waals surface area (Å²) in [6.45, 7) is 1.37. The zero-order valence-electron chi connectivity index (χ0n) is 12.3. The summed E-state index contributed by atoms with van der Waals surface area (Å²) in [5, 5.41) is 3.00. The fraction of sp³-hybridized carbons (Fsp3) is 0.467. The molecular weight excluding hydrogens is 270 g/mol. The van der Waals surface area contributed by atoms with E-state index in [0.29, 0.717) is 29.3 Å². The molecule has 0 aliphatic carbocycles. The van der Waals surface area contributed by atoms with Crippen LogP contribution in [0.5, 0.6) is 0 Å². The molecule has 21 heavy (non-hydrogen) atoms. The molecule has 1 aromatic heterocycles. The van der Waals surface area contributed by atoms with Crippen molar-refractivity contribution in [2.45, 2.75) is 18.9 Å². The van der Waals surface area contributed by atoms with Gasteiger partial charge in [-0.1, -0.05) is 0 Å². The summed E-state index contributed by atoms with van der Waals surface area (Å²) in [4.78, 5) is 18.4. The van der Waals surface area contributed by atoms with Gasteiger partial charge in [0.2, 0.25) is 0 Å². The lowest BCUT2D eigenvalue weighted by molar-refractivity contribution is 0.0624. The first-order chi connectivity index (χ1) is 10.1. The maximum atomic E-state index is 12.3. The minimum Gasteiger partial charge on any atom is -0.423 e. The average Bonchev–Trinajstić information content (AvgIpc) is 2.91. The number of oxazole rings is 1. The molecule has 2 aromatic rings. The van der Waals surface area contributed by atoms with Crippen LogP contribution in [0.3, 0.4) is 0 Å². The van der Waals surface area contributed by atoms with Crippen LogP contribution >= 0.6 is 0 Å². The summed E-state index contributed by atoms with van der Waals surface area (Å²) in [6, 6.07) is 5.91. The van der Waals surface area contributed by atoms with Crippen molar-refractivity contribution in [3.05, 3.63) is 23.8 Å². The Morgan fingerprint density at radius 2 is 2.29 bits per heavy atom. The minimum absolute atomic E-state index is 0.0941. The SMILES string of the molecule is CN(C)c1nc2cc(C(=O)N[C@@H]3CCCOC3)ccc2o1. The van der Waals surface area contributed by atoms with Gasteiger partial charge in [0.15, 0.2) is 5.58 Å². The third-order valence-corrected chi connectivity index (χ3v) is 3.52. The molecule has 0 radical (unpaired) electrons. The van der Waals surface area contributed by atoms with E-state index in [1.54, 1.807) is 23.1 Å². The van der Waals surface area contributed by atoms with E-state index in [4.69, 9.17) is 9.15 Å². The van der Waals surface area contributed by atoms with Gasteiger partial charge in [0, 0.05) is 26.3 Å². The highest BCUT2D eigenvalue weighted by atomic mass is 16.5. The summed E-state index contributed by atoms with van der Waals surface area (Å²) in [7, 11) is 3.73.